The number of benzene rings is 1. The molecule has 0 spiro atoms. The fraction of sp³-hybridized carbons (Fsp3) is 0. The van der Waals surface area contributed by atoms with Crippen LogP contribution in [0.5, 0.6) is 0 Å². The van der Waals surface area contributed by atoms with E-state index in [1.165, 1.54) is 18.3 Å². The van der Waals surface area contributed by atoms with E-state index in [1.807, 2.05) is 0 Å². The molecule has 6 nitrogen and oxygen atoms in total. The van der Waals surface area contributed by atoms with Crippen molar-refractivity contribution in [2.45, 2.75) is 0 Å². The zero-order chi connectivity index (χ0) is 14.7. The zero-order valence-corrected chi connectivity index (χ0v) is 10.6. The van der Waals surface area contributed by atoms with Crippen LogP contribution in [0.4, 0.5) is 15.8 Å². The minimum Gasteiger partial charge on any atom is -0.318 e. The van der Waals surface area contributed by atoms with Crippen molar-refractivity contribution in [3.63, 3.8) is 0 Å². The molecule has 0 aliphatic rings. The number of nitrogens with one attached hydrogen (secondary N) is 1. The van der Waals surface area contributed by atoms with Gasteiger partial charge in [-0.3, -0.25) is 19.9 Å². The predicted octanol–water partition coefficient (Wildman–Crippen LogP) is 3.03. The number of rotatable bonds is 3. The lowest BCUT2D eigenvalue weighted by Gasteiger charge is -2.06. The molecule has 0 unspecified atom stereocenters. The Labute approximate surface area is 117 Å². The van der Waals surface area contributed by atoms with E-state index in [0.717, 1.165) is 18.2 Å². The maximum atomic E-state index is 13.5. The average molecular weight is 296 g/mol. The maximum absolute atomic E-state index is 13.5. The molecule has 0 atom stereocenters. The number of pyridine rings is 1. The van der Waals surface area contributed by atoms with Gasteiger partial charge in [0.25, 0.3) is 11.6 Å². The fourth-order valence-electron chi connectivity index (χ4n) is 1.44. The fourth-order valence-corrected chi connectivity index (χ4v) is 1.60. The second-order valence-electron chi connectivity index (χ2n) is 3.73. The summed E-state index contributed by atoms with van der Waals surface area (Å²) in [5, 5.41) is 13.1. The number of nitro groups is 1. The molecule has 1 N–H and O–H groups in total. The summed E-state index contributed by atoms with van der Waals surface area (Å²) in [5.74, 6) is -1.50. The smallest absolute Gasteiger partial charge is 0.274 e. The third kappa shape index (κ3) is 3.07. The first kappa shape index (κ1) is 13.9. The van der Waals surface area contributed by atoms with Crippen LogP contribution in [-0.2, 0) is 0 Å². The number of nitrogens with zero attached hydrogens (tertiary/aromatic N) is 2. The van der Waals surface area contributed by atoms with Crippen molar-refractivity contribution in [2.75, 3.05) is 5.32 Å². The summed E-state index contributed by atoms with van der Waals surface area (Å²) in [6.07, 6.45) is 1.32. The minimum atomic E-state index is -0.786. The Kier molecular flexibility index (Phi) is 3.90. The number of nitro benzene ring substituents is 1. The summed E-state index contributed by atoms with van der Waals surface area (Å²) < 4.78 is 13.5. The Morgan fingerprint density at radius 2 is 2.10 bits per heavy atom. The molecule has 1 amide bonds. The van der Waals surface area contributed by atoms with Crippen LogP contribution < -0.4 is 5.32 Å². The van der Waals surface area contributed by atoms with Crippen molar-refractivity contribution in [2.24, 2.45) is 0 Å². The van der Waals surface area contributed by atoms with Crippen LogP contribution in [0.1, 0.15) is 10.5 Å². The van der Waals surface area contributed by atoms with Gasteiger partial charge in [-0.1, -0.05) is 11.6 Å². The summed E-state index contributed by atoms with van der Waals surface area (Å²) in [7, 11) is 0. The number of aromatic nitrogens is 1. The van der Waals surface area contributed by atoms with Gasteiger partial charge >= 0.3 is 0 Å². The van der Waals surface area contributed by atoms with Crippen molar-refractivity contribution < 1.29 is 14.1 Å². The van der Waals surface area contributed by atoms with E-state index in [0.29, 0.717) is 5.02 Å². The van der Waals surface area contributed by atoms with Gasteiger partial charge in [0, 0.05) is 23.4 Å². The summed E-state index contributed by atoms with van der Waals surface area (Å²) in [5.41, 5.74) is -0.657. The first-order chi connectivity index (χ1) is 9.47. The lowest BCUT2D eigenvalue weighted by atomic mass is 10.2. The SMILES string of the molecule is O=C(Nc1cc([N+](=O)[O-])ccc1F)c1cc(Cl)ccn1. The van der Waals surface area contributed by atoms with Gasteiger partial charge in [0.2, 0.25) is 0 Å². The highest BCUT2D eigenvalue weighted by molar-refractivity contribution is 6.30. The maximum Gasteiger partial charge on any atom is 0.274 e. The molecule has 20 heavy (non-hydrogen) atoms. The third-order valence-corrected chi connectivity index (χ3v) is 2.60. The quantitative estimate of drug-likeness (QED) is 0.696. The van der Waals surface area contributed by atoms with Crippen LogP contribution in [0.2, 0.25) is 5.02 Å². The number of halogens is 2. The molecule has 0 fully saturated rings. The highest BCUT2D eigenvalue weighted by Gasteiger charge is 2.15. The van der Waals surface area contributed by atoms with Crippen molar-refractivity contribution in [3.8, 4) is 0 Å². The Bertz CT molecular complexity index is 693. The van der Waals surface area contributed by atoms with Crippen molar-refractivity contribution >= 4 is 28.9 Å². The first-order valence-corrected chi connectivity index (χ1v) is 5.72. The van der Waals surface area contributed by atoms with Crippen LogP contribution in [0.25, 0.3) is 0 Å². The largest absolute Gasteiger partial charge is 0.318 e. The summed E-state index contributed by atoms with van der Waals surface area (Å²) >= 11 is 5.71. The van der Waals surface area contributed by atoms with E-state index in [2.05, 4.69) is 10.3 Å². The monoisotopic (exact) mass is 295 g/mol. The van der Waals surface area contributed by atoms with Gasteiger partial charge in [0.05, 0.1) is 10.6 Å². The third-order valence-electron chi connectivity index (χ3n) is 2.36. The number of hydrogen-bond donors (Lipinski definition) is 1. The summed E-state index contributed by atoms with van der Waals surface area (Å²) in [6.45, 7) is 0. The molecule has 2 aromatic rings. The van der Waals surface area contributed by atoms with Crippen LogP contribution in [0.15, 0.2) is 36.5 Å². The van der Waals surface area contributed by atoms with Gasteiger partial charge in [-0.25, -0.2) is 4.39 Å². The number of amides is 1. The van der Waals surface area contributed by atoms with E-state index in [1.54, 1.807) is 0 Å². The lowest BCUT2D eigenvalue weighted by molar-refractivity contribution is -0.384. The summed E-state index contributed by atoms with van der Waals surface area (Å²) in [6, 6.07) is 5.61. The molecule has 0 bridgehead atoms. The van der Waals surface area contributed by atoms with E-state index < -0.39 is 16.6 Å². The Balaban J connectivity index is 2.27. The van der Waals surface area contributed by atoms with Crippen LogP contribution in [0.3, 0.4) is 0 Å². The standard InChI is InChI=1S/C12H7ClFN3O3/c13-7-3-4-15-11(5-7)12(18)16-10-6-8(17(19)20)1-2-9(10)14/h1-6H,(H,16,18). The van der Waals surface area contributed by atoms with E-state index >= 15 is 0 Å². The second-order valence-corrected chi connectivity index (χ2v) is 4.17. The minimum absolute atomic E-state index is 0.0246. The van der Waals surface area contributed by atoms with E-state index in [-0.39, 0.29) is 17.1 Å². The van der Waals surface area contributed by atoms with Gasteiger partial charge in [-0.15, -0.1) is 0 Å². The molecule has 0 aliphatic carbocycles. The van der Waals surface area contributed by atoms with Crippen LogP contribution in [-0.4, -0.2) is 15.8 Å². The average Bonchev–Trinajstić information content (AvgIpc) is 2.41. The second kappa shape index (κ2) is 5.62. The Morgan fingerprint density at radius 3 is 2.75 bits per heavy atom. The number of carbonyl (C=O) groups excluding carboxylic acids is 1. The molecule has 0 saturated heterocycles. The van der Waals surface area contributed by atoms with E-state index in [9.17, 15) is 19.3 Å². The molecule has 8 heteroatoms. The number of non-ortho nitro benzene ring substituents is 1. The lowest BCUT2D eigenvalue weighted by Crippen LogP contribution is -2.14. The van der Waals surface area contributed by atoms with Gasteiger partial charge in [-0.2, -0.15) is 0 Å². The molecule has 0 radical (unpaired) electrons. The topological polar surface area (TPSA) is 85.1 Å². The molecule has 1 aromatic carbocycles. The van der Waals surface area contributed by atoms with Crippen LogP contribution in [0, 0.1) is 15.9 Å². The molecule has 0 aliphatic heterocycles. The van der Waals surface area contributed by atoms with Gasteiger partial charge in [0.1, 0.15) is 11.5 Å². The molecule has 1 aromatic heterocycles. The molecule has 2 rings (SSSR count). The Morgan fingerprint density at radius 1 is 1.35 bits per heavy atom. The highest BCUT2D eigenvalue weighted by atomic mass is 35.5. The number of carbonyl (C=O) groups is 1. The van der Waals surface area contributed by atoms with Crippen molar-refractivity contribution in [3.05, 3.63) is 63.2 Å². The normalized spacial score (nSPS) is 10.1. The summed E-state index contributed by atoms with van der Waals surface area (Å²) in [4.78, 5) is 25.5. The zero-order valence-electron chi connectivity index (χ0n) is 9.84. The van der Waals surface area contributed by atoms with Gasteiger partial charge < -0.3 is 5.32 Å². The van der Waals surface area contributed by atoms with Crippen LogP contribution >= 0.6 is 11.6 Å². The number of hydrogen-bond acceptors (Lipinski definition) is 4. The van der Waals surface area contributed by atoms with E-state index in [4.69, 9.17) is 11.6 Å². The Hall–Kier alpha value is -2.54. The highest BCUT2D eigenvalue weighted by Crippen LogP contribution is 2.21. The first-order valence-electron chi connectivity index (χ1n) is 5.34. The van der Waals surface area contributed by atoms with Crippen molar-refractivity contribution in [1.82, 2.24) is 4.98 Å². The molecular formula is C12H7ClFN3O3. The molecule has 0 saturated carbocycles. The molecule has 102 valence electrons. The molecule has 1 heterocycles. The molecular weight excluding hydrogens is 289 g/mol. The predicted molar refractivity (Wildman–Crippen MR) is 70.3 cm³/mol. The van der Waals surface area contributed by atoms with Gasteiger partial charge in [0.15, 0.2) is 0 Å². The van der Waals surface area contributed by atoms with Gasteiger partial charge in [-0.05, 0) is 18.2 Å². The number of anilines is 1. The van der Waals surface area contributed by atoms with Crippen molar-refractivity contribution in [1.29, 1.82) is 0 Å².